The van der Waals surface area contributed by atoms with E-state index in [4.69, 9.17) is 11.6 Å². The lowest BCUT2D eigenvalue weighted by atomic mass is 10.1. The molecule has 2 rings (SSSR count). The van der Waals surface area contributed by atoms with Gasteiger partial charge >= 0.3 is 0 Å². The normalized spacial score (nSPS) is 11.9. The summed E-state index contributed by atoms with van der Waals surface area (Å²) in [5.74, 6) is -0.519. The van der Waals surface area contributed by atoms with E-state index in [1.54, 1.807) is 24.3 Å². The first-order valence-electron chi connectivity index (χ1n) is 8.35. The number of hydrogen-bond acceptors (Lipinski definition) is 4. The van der Waals surface area contributed by atoms with Gasteiger partial charge in [0.05, 0.1) is 11.9 Å². The van der Waals surface area contributed by atoms with Gasteiger partial charge in [-0.3, -0.25) is 9.10 Å². The number of aryl methyl sites for hydroxylation is 1. The van der Waals surface area contributed by atoms with Gasteiger partial charge in [-0.2, -0.15) is 5.10 Å². The minimum atomic E-state index is -3.63. The van der Waals surface area contributed by atoms with Gasteiger partial charge in [0.15, 0.2) is 0 Å². The van der Waals surface area contributed by atoms with Crippen LogP contribution in [0.1, 0.15) is 18.9 Å². The summed E-state index contributed by atoms with van der Waals surface area (Å²) in [6.07, 6.45) is 2.55. The molecule has 0 saturated heterocycles. The molecule has 6 nitrogen and oxygen atoms in total. The van der Waals surface area contributed by atoms with E-state index in [1.165, 1.54) is 5.56 Å². The third kappa shape index (κ3) is 7.03. The highest BCUT2D eigenvalue weighted by Gasteiger charge is 2.20. The van der Waals surface area contributed by atoms with Crippen molar-refractivity contribution in [3.63, 3.8) is 0 Å². The standard InChI is InChI=1S/C19H22ClN3O3S/c1-15(8-9-16-6-4-3-5-7-16)21-22-19(24)14-23(27(2,25)26)18-12-10-17(20)11-13-18/h3-7,10-13H,8-9,14H2,1-2H3,(H,22,24)/b21-15-. The second-order valence-electron chi connectivity index (χ2n) is 6.11. The number of benzene rings is 2. The van der Waals surface area contributed by atoms with E-state index >= 15 is 0 Å². The number of carbonyl (C=O) groups is 1. The van der Waals surface area contributed by atoms with Crippen LogP contribution in [-0.4, -0.2) is 32.8 Å². The van der Waals surface area contributed by atoms with Crippen LogP contribution >= 0.6 is 11.6 Å². The Kier molecular flexibility index (Phi) is 7.38. The molecule has 0 aromatic heterocycles. The van der Waals surface area contributed by atoms with Crippen LogP contribution in [0.25, 0.3) is 0 Å². The monoisotopic (exact) mass is 407 g/mol. The number of rotatable bonds is 8. The van der Waals surface area contributed by atoms with Crippen LogP contribution in [0.2, 0.25) is 5.02 Å². The van der Waals surface area contributed by atoms with Gasteiger partial charge in [-0.1, -0.05) is 41.9 Å². The minimum absolute atomic E-state index is 0.363. The van der Waals surface area contributed by atoms with E-state index in [0.717, 1.165) is 22.7 Å². The second-order valence-corrected chi connectivity index (χ2v) is 8.46. The fourth-order valence-electron chi connectivity index (χ4n) is 2.36. The van der Waals surface area contributed by atoms with Crippen molar-refractivity contribution < 1.29 is 13.2 Å². The maximum atomic E-state index is 12.2. The van der Waals surface area contributed by atoms with Crippen LogP contribution < -0.4 is 9.73 Å². The Morgan fingerprint density at radius 2 is 1.74 bits per heavy atom. The topological polar surface area (TPSA) is 78.8 Å². The Hall–Kier alpha value is -2.38. The number of sulfonamides is 1. The van der Waals surface area contributed by atoms with Crippen molar-refractivity contribution in [1.82, 2.24) is 5.43 Å². The van der Waals surface area contributed by atoms with Crippen LogP contribution in [0, 0.1) is 0 Å². The van der Waals surface area contributed by atoms with E-state index in [9.17, 15) is 13.2 Å². The first kappa shape index (κ1) is 20.9. The number of hydrogen-bond donors (Lipinski definition) is 1. The third-order valence-electron chi connectivity index (χ3n) is 3.79. The molecule has 0 radical (unpaired) electrons. The predicted octanol–water partition coefficient (Wildman–Crippen LogP) is 3.23. The zero-order chi connectivity index (χ0) is 19.9. The Balaban J connectivity index is 1.96. The molecule has 2 aromatic carbocycles. The number of hydrazone groups is 1. The minimum Gasteiger partial charge on any atom is -0.271 e. The lowest BCUT2D eigenvalue weighted by Crippen LogP contribution is -2.39. The number of nitrogens with zero attached hydrogens (tertiary/aromatic N) is 2. The summed E-state index contributed by atoms with van der Waals surface area (Å²) >= 11 is 5.83. The molecule has 0 aliphatic heterocycles. The average Bonchev–Trinajstić information content (AvgIpc) is 2.63. The Morgan fingerprint density at radius 3 is 2.33 bits per heavy atom. The summed E-state index contributed by atoms with van der Waals surface area (Å²) in [6.45, 7) is 1.45. The van der Waals surface area contributed by atoms with Crippen LogP contribution in [0.15, 0.2) is 59.7 Å². The molecule has 0 bridgehead atoms. The zero-order valence-electron chi connectivity index (χ0n) is 15.2. The van der Waals surface area contributed by atoms with Crippen molar-refractivity contribution in [2.45, 2.75) is 19.8 Å². The predicted molar refractivity (Wildman–Crippen MR) is 110 cm³/mol. The van der Waals surface area contributed by atoms with E-state index < -0.39 is 15.9 Å². The van der Waals surface area contributed by atoms with Gasteiger partial charge < -0.3 is 0 Å². The molecule has 0 aliphatic rings. The van der Waals surface area contributed by atoms with Crippen molar-refractivity contribution in [2.75, 3.05) is 17.1 Å². The van der Waals surface area contributed by atoms with Gasteiger partial charge in [-0.25, -0.2) is 13.8 Å². The number of carbonyl (C=O) groups excluding carboxylic acids is 1. The molecule has 0 aliphatic carbocycles. The van der Waals surface area contributed by atoms with Crippen molar-refractivity contribution in [1.29, 1.82) is 0 Å². The first-order chi connectivity index (χ1) is 12.8. The number of amides is 1. The quantitative estimate of drug-likeness (QED) is 0.539. The van der Waals surface area contributed by atoms with Crippen molar-refractivity contribution in [3.8, 4) is 0 Å². The van der Waals surface area contributed by atoms with Gasteiger partial charge in [0.2, 0.25) is 10.0 Å². The second kappa shape index (κ2) is 9.53. The molecule has 0 heterocycles. The summed E-state index contributed by atoms with van der Waals surface area (Å²) in [7, 11) is -3.63. The summed E-state index contributed by atoms with van der Waals surface area (Å²) in [4.78, 5) is 12.2. The zero-order valence-corrected chi connectivity index (χ0v) is 16.8. The summed E-state index contributed by atoms with van der Waals surface area (Å²) < 4.78 is 25.1. The maximum Gasteiger partial charge on any atom is 0.260 e. The van der Waals surface area contributed by atoms with Crippen LogP contribution in [0.4, 0.5) is 5.69 Å². The molecule has 8 heteroatoms. The molecule has 1 amide bonds. The van der Waals surface area contributed by atoms with E-state index in [2.05, 4.69) is 10.5 Å². The van der Waals surface area contributed by atoms with Crippen molar-refractivity contribution >= 4 is 38.9 Å². The molecule has 2 aromatic rings. The molecule has 0 unspecified atom stereocenters. The van der Waals surface area contributed by atoms with E-state index in [0.29, 0.717) is 17.1 Å². The van der Waals surface area contributed by atoms with Gasteiger partial charge in [-0.15, -0.1) is 0 Å². The van der Waals surface area contributed by atoms with Crippen LogP contribution in [0.3, 0.4) is 0 Å². The average molecular weight is 408 g/mol. The molecule has 0 saturated carbocycles. The first-order valence-corrected chi connectivity index (χ1v) is 10.6. The fourth-order valence-corrected chi connectivity index (χ4v) is 3.34. The molecule has 0 atom stereocenters. The third-order valence-corrected chi connectivity index (χ3v) is 5.18. The number of nitrogens with one attached hydrogen (secondary N) is 1. The van der Waals surface area contributed by atoms with E-state index in [1.807, 2.05) is 37.3 Å². The molecule has 0 fully saturated rings. The van der Waals surface area contributed by atoms with Crippen molar-refractivity contribution in [2.24, 2.45) is 5.10 Å². The molecule has 1 N–H and O–H groups in total. The molecular weight excluding hydrogens is 386 g/mol. The van der Waals surface area contributed by atoms with E-state index in [-0.39, 0.29) is 6.54 Å². The highest BCUT2D eigenvalue weighted by Crippen LogP contribution is 2.20. The Bertz CT molecular complexity index is 898. The molecular formula is C19H22ClN3O3S. The molecule has 27 heavy (non-hydrogen) atoms. The maximum absolute atomic E-state index is 12.2. The van der Waals surface area contributed by atoms with Gasteiger partial charge in [0, 0.05) is 10.7 Å². The van der Waals surface area contributed by atoms with Gasteiger partial charge in [0.25, 0.3) is 5.91 Å². The summed E-state index contributed by atoms with van der Waals surface area (Å²) in [6, 6.07) is 16.2. The highest BCUT2D eigenvalue weighted by atomic mass is 35.5. The largest absolute Gasteiger partial charge is 0.271 e. The van der Waals surface area contributed by atoms with Gasteiger partial charge in [0.1, 0.15) is 6.54 Å². The van der Waals surface area contributed by atoms with Crippen LogP contribution in [-0.2, 0) is 21.2 Å². The fraction of sp³-hybridized carbons (Fsp3) is 0.263. The lowest BCUT2D eigenvalue weighted by Gasteiger charge is -2.21. The van der Waals surface area contributed by atoms with Crippen molar-refractivity contribution in [3.05, 3.63) is 65.2 Å². The summed E-state index contributed by atoms with van der Waals surface area (Å²) in [5.41, 5.74) is 4.72. The number of anilines is 1. The SMILES string of the molecule is C/C(CCc1ccccc1)=N/NC(=O)CN(c1ccc(Cl)cc1)S(C)(=O)=O. The Morgan fingerprint density at radius 1 is 1.11 bits per heavy atom. The van der Waals surface area contributed by atoms with Gasteiger partial charge in [-0.05, 0) is 49.6 Å². The van der Waals surface area contributed by atoms with Crippen LogP contribution in [0.5, 0.6) is 0 Å². The number of halogens is 1. The highest BCUT2D eigenvalue weighted by molar-refractivity contribution is 7.92. The smallest absolute Gasteiger partial charge is 0.260 e. The summed E-state index contributed by atoms with van der Waals surface area (Å²) in [5, 5.41) is 4.54. The molecule has 144 valence electrons. The molecule has 0 spiro atoms. The Labute approximate surface area is 164 Å². The lowest BCUT2D eigenvalue weighted by molar-refractivity contribution is -0.119.